The smallest absolute Gasteiger partial charge is 0.182 e. The van der Waals surface area contributed by atoms with E-state index < -0.39 is 17.0 Å². The summed E-state index contributed by atoms with van der Waals surface area (Å²) >= 11 is 0. The molecule has 2 bridgehead atoms. The van der Waals surface area contributed by atoms with Crippen molar-refractivity contribution in [2.75, 3.05) is 20.2 Å². The molecule has 3 heterocycles. The van der Waals surface area contributed by atoms with E-state index in [1.54, 1.807) is 0 Å². The van der Waals surface area contributed by atoms with Crippen molar-refractivity contribution in [2.24, 2.45) is 10.8 Å². The third-order valence-electron chi connectivity index (χ3n) is 7.85. The Morgan fingerprint density at radius 1 is 1.19 bits per heavy atom. The third kappa shape index (κ3) is 1.02. The monoisotopic (exact) mass is 293 g/mol. The Morgan fingerprint density at radius 3 is 2.76 bits per heavy atom. The summed E-state index contributed by atoms with van der Waals surface area (Å²) in [6.45, 7) is 3.03. The highest BCUT2D eigenvalue weighted by molar-refractivity contribution is 5.91. The van der Waals surface area contributed by atoms with Crippen molar-refractivity contribution in [3.05, 3.63) is 0 Å². The molecule has 5 aliphatic rings. The van der Waals surface area contributed by atoms with Crippen LogP contribution < -0.4 is 0 Å². The molecule has 2 aliphatic carbocycles. The summed E-state index contributed by atoms with van der Waals surface area (Å²) in [5.74, 6) is -1.88. The predicted molar refractivity (Wildman–Crippen MR) is 73.3 cm³/mol. The summed E-state index contributed by atoms with van der Waals surface area (Å²) in [6.07, 6.45) is 4.98. The standard InChI is InChI=1S/C16H23NO4/c1-12-16(11(18)9-20-12)6-4-14-3-5-15(19,21-12)10-13(14,16)7-8-17(14)2/h19H,3-10H2,1-2H3/t12-,13+,14-,15+,16+/m0/s1. The molecule has 3 aliphatic heterocycles. The van der Waals surface area contributed by atoms with Gasteiger partial charge in [-0.2, -0.15) is 0 Å². The van der Waals surface area contributed by atoms with Crippen molar-refractivity contribution in [3.8, 4) is 0 Å². The molecule has 0 amide bonds. The summed E-state index contributed by atoms with van der Waals surface area (Å²) in [6, 6.07) is 0. The molecule has 0 aromatic rings. The van der Waals surface area contributed by atoms with Crippen LogP contribution in [0.3, 0.4) is 0 Å². The van der Waals surface area contributed by atoms with Crippen LogP contribution in [0.2, 0.25) is 0 Å². The highest BCUT2D eigenvalue weighted by Crippen LogP contribution is 2.79. The molecule has 116 valence electrons. The number of nitrogens with zero attached hydrogens (tertiary/aromatic N) is 1. The molecule has 21 heavy (non-hydrogen) atoms. The fourth-order valence-electron chi connectivity index (χ4n) is 7.10. The maximum Gasteiger partial charge on any atom is 0.182 e. The van der Waals surface area contributed by atoms with E-state index in [1.807, 2.05) is 6.92 Å². The molecule has 2 saturated carbocycles. The first-order valence-electron chi connectivity index (χ1n) is 8.14. The highest BCUT2D eigenvalue weighted by atomic mass is 16.8. The number of rotatable bonds is 0. The zero-order valence-electron chi connectivity index (χ0n) is 12.8. The second-order valence-electron chi connectivity index (χ2n) is 8.07. The van der Waals surface area contributed by atoms with Gasteiger partial charge in [-0.25, -0.2) is 0 Å². The first-order chi connectivity index (χ1) is 9.83. The van der Waals surface area contributed by atoms with Gasteiger partial charge in [0.15, 0.2) is 17.4 Å². The van der Waals surface area contributed by atoms with Crippen LogP contribution in [-0.4, -0.2) is 53.1 Å². The molecule has 5 heteroatoms. The Kier molecular flexibility index (Phi) is 2.00. The zero-order chi connectivity index (χ0) is 14.7. The Bertz CT molecular complexity index is 566. The lowest BCUT2D eigenvalue weighted by Gasteiger charge is -2.64. The van der Waals surface area contributed by atoms with Crippen LogP contribution in [0.15, 0.2) is 0 Å². The van der Waals surface area contributed by atoms with Crippen molar-refractivity contribution >= 4 is 5.78 Å². The van der Waals surface area contributed by atoms with Crippen molar-refractivity contribution in [2.45, 2.75) is 62.6 Å². The molecule has 0 radical (unpaired) electrons. The van der Waals surface area contributed by atoms with Gasteiger partial charge in [-0.3, -0.25) is 4.79 Å². The molecule has 5 fully saturated rings. The number of Topliss-reactive ketones (excluding diaryl/α,β-unsaturated/α-hetero) is 1. The number of carbonyl (C=O) groups is 1. The molecule has 5 rings (SSSR count). The van der Waals surface area contributed by atoms with Crippen LogP contribution in [0.4, 0.5) is 0 Å². The second-order valence-corrected chi connectivity index (χ2v) is 8.07. The van der Waals surface area contributed by atoms with Gasteiger partial charge in [0.2, 0.25) is 0 Å². The van der Waals surface area contributed by atoms with Crippen molar-refractivity contribution in [1.29, 1.82) is 0 Å². The number of fused-ring (bicyclic) bond motifs is 1. The number of ketones is 1. The summed E-state index contributed by atoms with van der Waals surface area (Å²) in [5.41, 5.74) is -0.687. The van der Waals surface area contributed by atoms with Gasteiger partial charge >= 0.3 is 0 Å². The lowest BCUT2D eigenvalue weighted by molar-refractivity contribution is -0.419. The highest BCUT2D eigenvalue weighted by Gasteiger charge is 2.85. The van der Waals surface area contributed by atoms with E-state index >= 15 is 0 Å². The predicted octanol–water partition coefficient (Wildman–Crippen LogP) is 1.05. The molecular weight excluding hydrogens is 270 g/mol. The van der Waals surface area contributed by atoms with Gasteiger partial charge in [-0.1, -0.05) is 0 Å². The number of hydrogen-bond acceptors (Lipinski definition) is 5. The molecule has 5 atom stereocenters. The number of carbonyl (C=O) groups excluding carboxylic acids is 1. The summed E-state index contributed by atoms with van der Waals surface area (Å²) in [7, 11) is 2.19. The molecule has 0 aromatic carbocycles. The van der Waals surface area contributed by atoms with Gasteiger partial charge in [0.25, 0.3) is 0 Å². The van der Waals surface area contributed by atoms with Gasteiger partial charge in [-0.05, 0) is 46.2 Å². The Morgan fingerprint density at radius 2 is 1.95 bits per heavy atom. The number of ether oxygens (including phenoxy) is 2. The summed E-state index contributed by atoms with van der Waals surface area (Å²) in [5, 5.41) is 11.0. The molecule has 0 unspecified atom stereocenters. The van der Waals surface area contributed by atoms with Crippen LogP contribution in [-0.2, 0) is 14.3 Å². The van der Waals surface area contributed by atoms with Crippen molar-refractivity contribution in [3.63, 3.8) is 0 Å². The molecule has 5 nitrogen and oxygen atoms in total. The quantitative estimate of drug-likeness (QED) is 0.723. The SMILES string of the molecule is CN1CC[C@@]23C[C@@]4(O)CC[C@@]12CC[C@]31C(=O)CO[C@@]1(C)O4. The number of likely N-dealkylation sites (tertiary alicyclic amines) is 1. The first kappa shape index (κ1) is 13.0. The summed E-state index contributed by atoms with van der Waals surface area (Å²) < 4.78 is 11.9. The van der Waals surface area contributed by atoms with Crippen LogP contribution >= 0.6 is 0 Å². The average Bonchev–Trinajstić information content (AvgIpc) is 2.97. The van der Waals surface area contributed by atoms with E-state index in [1.165, 1.54) is 0 Å². The van der Waals surface area contributed by atoms with Crippen molar-refractivity contribution < 1.29 is 19.4 Å². The van der Waals surface area contributed by atoms with E-state index in [4.69, 9.17) is 9.47 Å². The molecule has 2 spiro atoms. The number of hydrogen-bond donors (Lipinski definition) is 1. The zero-order valence-corrected chi connectivity index (χ0v) is 12.8. The molecule has 0 aromatic heterocycles. The maximum absolute atomic E-state index is 12.9. The van der Waals surface area contributed by atoms with Gasteiger partial charge < -0.3 is 19.5 Å². The Hall–Kier alpha value is -0.490. The first-order valence-corrected chi connectivity index (χ1v) is 8.14. The molecular formula is C16H23NO4. The minimum atomic E-state index is -1.12. The molecule has 1 N–H and O–H groups in total. The minimum absolute atomic E-state index is 0.0492. The lowest BCUT2D eigenvalue weighted by atomic mass is 9.48. The fraction of sp³-hybridized carbons (Fsp3) is 0.938. The van der Waals surface area contributed by atoms with Crippen LogP contribution in [0.5, 0.6) is 0 Å². The third-order valence-corrected chi connectivity index (χ3v) is 7.85. The van der Waals surface area contributed by atoms with Gasteiger partial charge in [-0.15, -0.1) is 0 Å². The average molecular weight is 293 g/mol. The fourth-order valence-corrected chi connectivity index (χ4v) is 7.10. The van der Waals surface area contributed by atoms with Crippen LogP contribution in [0.1, 0.15) is 45.4 Å². The van der Waals surface area contributed by atoms with Crippen LogP contribution in [0, 0.1) is 10.8 Å². The van der Waals surface area contributed by atoms with E-state index in [2.05, 4.69) is 11.9 Å². The lowest BCUT2D eigenvalue weighted by Crippen LogP contribution is -2.72. The largest absolute Gasteiger partial charge is 0.365 e. The topological polar surface area (TPSA) is 59.0 Å². The van der Waals surface area contributed by atoms with Crippen LogP contribution in [0.25, 0.3) is 0 Å². The van der Waals surface area contributed by atoms with E-state index in [0.29, 0.717) is 12.8 Å². The Labute approximate surface area is 124 Å². The second kappa shape index (κ2) is 3.23. The minimum Gasteiger partial charge on any atom is -0.365 e. The van der Waals surface area contributed by atoms with E-state index in [-0.39, 0.29) is 23.3 Å². The molecule has 3 saturated heterocycles. The van der Waals surface area contributed by atoms with Gasteiger partial charge in [0, 0.05) is 23.8 Å². The number of aliphatic hydroxyl groups is 1. The maximum atomic E-state index is 12.9. The van der Waals surface area contributed by atoms with E-state index in [0.717, 1.165) is 32.2 Å². The van der Waals surface area contributed by atoms with Gasteiger partial charge in [0.1, 0.15) is 6.61 Å². The van der Waals surface area contributed by atoms with Gasteiger partial charge in [0.05, 0.1) is 5.41 Å². The normalized spacial score (nSPS) is 62.0. The Balaban J connectivity index is 1.82. The van der Waals surface area contributed by atoms with E-state index in [9.17, 15) is 9.90 Å². The summed E-state index contributed by atoms with van der Waals surface area (Å²) in [4.78, 5) is 15.4. The van der Waals surface area contributed by atoms with Crippen molar-refractivity contribution in [1.82, 2.24) is 4.90 Å².